The van der Waals surface area contributed by atoms with Crippen molar-refractivity contribution in [2.75, 3.05) is 0 Å². The Morgan fingerprint density at radius 3 is 1.27 bits per heavy atom. The highest BCUT2D eigenvalue weighted by molar-refractivity contribution is 4.93. The van der Waals surface area contributed by atoms with E-state index in [1.165, 1.54) is 0 Å². The fraction of sp³-hybridized carbons (Fsp3) is 1.00. The highest BCUT2D eigenvalue weighted by Gasteiger charge is 2.73. The summed E-state index contributed by atoms with van der Waals surface area (Å²) in [5.74, 6) is -11.1. The zero-order valence-electron chi connectivity index (χ0n) is 8.35. The fourth-order valence-corrected chi connectivity index (χ4v) is 0.984. The van der Waals surface area contributed by atoms with Crippen LogP contribution in [0.5, 0.6) is 0 Å². The van der Waals surface area contributed by atoms with E-state index in [0.717, 1.165) is 20.8 Å². The van der Waals surface area contributed by atoms with Gasteiger partial charge in [-0.1, -0.05) is 20.8 Å². The summed E-state index contributed by atoms with van der Waals surface area (Å²) in [5, 5.41) is 0. The van der Waals surface area contributed by atoms with E-state index >= 15 is 0 Å². The van der Waals surface area contributed by atoms with Crippen molar-refractivity contribution in [2.45, 2.75) is 45.2 Å². The summed E-state index contributed by atoms with van der Waals surface area (Å²) in [7, 11) is 0. The second-order valence-corrected chi connectivity index (χ2v) is 4.51. The summed E-state index contributed by atoms with van der Waals surface area (Å²) in [4.78, 5) is 0. The van der Waals surface area contributed by atoms with Crippen LogP contribution in [0.15, 0.2) is 0 Å². The van der Waals surface area contributed by atoms with Gasteiger partial charge in [-0.05, 0) is 5.41 Å². The molecule has 92 valence electrons. The summed E-state index contributed by atoms with van der Waals surface area (Å²) < 4.78 is 85.2. The standard InChI is InChI=1S/C8H11F7/c1-5(2,3)4-6(9,10)7(11,12)8(13,14)15/h4H2,1-3H3. The molecule has 7 heteroatoms. The van der Waals surface area contributed by atoms with Crippen LogP contribution in [-0.2, 0) is 0 Å². The van der Waals surface area contributed by atoms with Crippen LogP contribution < -0.4 is 0 Å². The van der Waals surface area contributed by atoms with Gasteiger partial charge in [0.2, 0.25) is 0 Å². The molecule has 0 aliphatic heterocycles. The van der Waals surface area contributed by atoms with Crippen LogP contribution in [0.25, 0.3) is 0 Å². The molecule has 0 aliphatic rings. The molecule has 0 amide bonds. The second-order valence-electron chi connectivity index (χ2n) is 4.51. The van der Waals surface area contributed by atoms with Crippen molar-refractivity contribution in [3.63, 3.8) is 0 Å². The molecule has 0 atom stereocenters. The van der Waals surface area contributed by atoms with Gasteiger partial charge in [-0.3, -0.25) is 0 Å². The SMILES string of the molecule is CC(C)(C)CC(F)(F)C(F)(F)C(F)(F)F. The molecule has 0 aromatic carbocycles. The van der Waals surface area contributed by atoms with Gasteiger partial charge in [0, 0.05) is 6.42 Å². The van der Waals surface area contributed by atoms with Crippen LogP contribution in [0.1, 0.15) is 27.2 Å². The van der Waals surface area contributed by atoms with E-state index in [1.54, 1.807) is 0 Å². The summed E-state index contributed by atoms with van der Waals surface area (Å²) in [6.45, 7) is 3.48. The maximum atomic E-state index is 12.7. The maximum Gasteiger partial charge on any atom is 0.459 e. The van der Waals surface area contributed by atoms with E-state index in [4.69, 9.17) is 0 Å². The van der Waals surface area contributed by atoms with E-state index < -0.39 is 29.9 Å². The molecule has 0 heterocycles. The Labute approximate surface area is 82.5 Å². The molecule has 0 aromatic heterocycles. The minimum Gasteiger partial charge on any atom is -0.199 e. The topological polar surface area (TPSA) is 0 Å². The molecule has 0 bridgehead atoms. The lowest BCUT2D eigenvalue weighted by Gasteiger charge is -2.32. The minimum atomic E-state index is -6.23. The maximum absolute atomic E-state index is 12.7. The van der Waals surface area contributed by atoms with Crippen molar-refractivity contribution >= 4 is 0 Å². The lowest BCUT2D eigenvalue weighted by molar-refractivity contribution is -0.358. The van der Waals surface area contributed by atoms with Gasteiger partial charge in [-0.15, -0.1) is 0 Å². The molecule has 15 heavy (non-hydrogen) atoms. The minimum absolute atomic E-state index is 1.16. The van der Waals surface area contributed by atoms with E-state index in [2.05, 4.69) is 0 Å². The van der Waals surface area contributed by atoms with E-state index in [9.17, 15) is 30.7 Å². The molecule has 0 N–H and O–H groups in total. The molecule has 0 fully saturated rings. The van der Waals surface area contributed by atoms with Crippen molar-refractivity contribution in [2.24, 2.45) is 5.41 Å². The second kappa shape index (κ2) is 3.52. The Hall–Kier alpha value is -0.490. The normalized spacial score (nSPS) is 15.6. The van der Waals surface area contributed by atoms with Crippen molar-refractivity contribution in [3.8, 4) is 0 Å². The molecular formula is C8H11F7. The average molecular weight is 240 g/mol. The summed E-state index contributed by atoms with van der Waals surface area (Å²) in [6.07, 6.45) is -7.77. The summed E-state index contributed by atoms with van der Waals surface area (Å²) >= 11 is 0. The predicted octanol–water partition coefficient (Wildman–Crippen LogP) is 4.26. The number of halogens is 7. The van der Waals surface area contributed by atoms with Gasteiger partial charge in [0.15, 0.2) is 0 Å². The van der Waals surface area contributed by atoms with Gasteiger partial charge in [-0.2, -0.15) is 30.7 Å². The smallest absolute Gasteiger partial charge is 0.199 e. The van der Waals surface area contributed by atoms with Crippen LogP contribution in [0.2, 0.25) is 0 Å². The molecule has 0 spiro atoms. The van der Waals surface area contributed by atoms with E-state index in [-0.39, 0.29) is 0 Å². The van der Waals surface area contributed by atoms with Crippen molar-refractivity contribution in [3.05, 3.63) is 0 Å². The first-order chi connectivity index (χ1) is 6.21. The third kappa shape index (κ3) is 3.24. The third-order valence-corrected chi connectivity index (χ3v) is 1.57. The zero-order chi connectivity index (χ0) is 12.7. The monoisotopic (exact) mass is 240 g/mol. The molecule has 0 saturated carbocycles. The van der Waals surface area contributed by atoms with Crippen LogP contribution in [0.4, 0.5) is 30.7 Å². The van der Waals surface area contributed by atoms with Crippen LogP contribution in [-0.4, -0.2) is 18.0 Å². The Balaban J connectivity index is 5.03. The molecule has 0 nitrogen and oxygen atoms in total. The molecular weight excluding hydrogens is 229 g/mol. The Morgan fingerprint density at radius 1 is 0.733 bits per heavy atom. The Morgan fingerprint density at radius 2 is 1.07 bits per heavy atom. The Bertz CT molecular complexity index is 220. The number of hydrogen-bond donors (Lipinski definition) is 0. The van der Waals surface area contributed by atoms with E-state index in [0.29, 0.717) is 0 Å². The first-order valence-electron chi connectivity index (χ1n) is 4.03. The first kappa shape index (κ1) is 14.5. The number of alkyl halides is 7. The van der Waals surface area contributed by atoms with Gasteiger partial charge in [0.1, 0.15) is 0 Å². The van der Waals surface area contributed by atoms with Crippen molar-refractivity contribution in [1.29, 1.82) is 0 Å². The fourth-order valence-electron chi connectivity index (χ4n) is 0.984. The van der Waals surface area contributed by atoms with Gasteiger partial charge in [-0.25, -0.2) is 0 Å². The predicted molar refractivity (Wildman–Crippen MR) is 40.0 cm³/mol. The van der Waals surface area contributed by atoms with Gasteiger partial charge in [0.25, 0.3) is 0 Å². The number of hydrogen-bond acceptors (Lipinski definition) is 0. The quantitative estimate of drug-likeness (QED) is 0.633. The highest BCUT2D eigenvalue weighted by atomic mass is 19.4. The van der Waals surface area contributed by atoms with Crippen molar-refractivity contribution in [1.82, 2.24) is 0 Å². The van der Waals surface area contributed by atoms with Crippen LogP contribution >= 0.6 is 0 Å². The number of rotatable bonds is 2. The molecule has 0 rings (SSSR count). The van der Waals surface area contributed by atoms with Crippen LogP contribution in [0.3, 0.4) is 0 Å². The summed E-state index contributed by atoms with van der Waals surface area (Å²) in [6, 6.07) is 0. The lowest BCUT2D eigenvalue weighted by Crippen LogP contribution is -2.53. The molecule has 0 aromatic rings. The van der Waals surface area contributed by atoms with Gasteiger partial charge < -0.3 is 0 Å². The molecule has 0 saturated heterocycles. The van der Waals surface area contributed by atoms with E-state index in [1.807, 2.05) is 0 Å². The third-order valence-electron chi connectivity index (χ3n) is 1.57. The first-order valence-corrected chi connectivity index (χ1v) is 4.03. The van der Waals surface area contributed by atoms with Gasteiger partial charge in [0.05, 0.1) is 0 Å². The highest BCUT2D eigenvalue weighted by Crippen LogP contribution is 2.50. The molecule has 0 aliphatic carbocycles. The zero-order valence-corrected chi connectivity index (χ0v) is 8.35. The Kier molecular flexibility index (Phi) is 3.40. The van der Waals surface area contributed by atoms with Crippen molar-refractivity contribution < 1.29 is 30.7 Å². The largest absolute Gasteiger partial charge is 0.459 e. The summed E-state index contributed by atoms with van der Waals surface area (Å²) in [5.41, 5.74) is -1.32. The average Bonchev–Trinajstić information content (AvgIpc) is 1.77. The molecule has 0 unspecified atom stereocenters. The molecule has 0 radical (unpaired) electrons. The lowest BCUT2D eigenvalue weighted by atomic mass is 9.86. The van der Waals surface area contributed by atoms with Crippen LogP contribution in [0, 0.1) is 5.41 Å². The van der Waals surface area contributed by atoms with Gasteiger partial charge >= 0.3 is 18.0 Å².